The van der Waals surface area contributed by atoms with Crippen LogP contribution in [-0.2, 0) is 19.1 Å². The summed E-state index contributed by atoms with van der Waals surface area (Å²) in [5.74, 6) is 5.95. The van der Waals surface area contributed by atoms with E-state index >= 15 is 0 Å². The van der Waals surface area contributed by atoms with Gasteiger partial charge in [0.05, 0.1) is 13.2 Å². The third-order valence-electron chi connectivity index (χ3n) is 4.81. The second-order valence-electron chi connectivity index (χ2n) is 7.01. The molecule has 1 aliphatic heterocycles. The molecule has 27 heavy (non-hydrogen) atoms. The predicted molar refractivity (Wildman–Crippen MR) is 106 cm³/mol. The first-order valence-electron chi connectivity index (χ1n) is 10.0. The maximum absolute atomic E-state index is 12.2. The Morgan fingerprint density at radius 2 is 2.00 bits per heavy atom. The summed E-state index contributed by atoms with van der Waals surface area (Å²) in [5.41, 5.74) is 0. The van der Waals surface area contributed by atoms with Crippen molar-refractivity contribution in [3.8, 4) is 11.8 Å². The molecule has 1 heterocycles. The van der Waals surface area contributed by atoms with Gasteiger partial charge in [0.25, 0.3) is 0 Å². The molecule has 0 spiro atoms. The van der Waals surface area contributed by atoms with Gasteiger partial charge < -0.3 is 9.64 Å². The maximum atomic E-state index is 12.2. The van der Waals surface area contributed by atoms with Crippen LogP contribution in [-0.4, -0.2) is 42.3 Å². The van der Waals surface area contributed by atoms with Crippen LogP contribution in [0.25, 0.3) is 0 Å². The second-order valence-corrected chi connectivity index (χ2v) is 7.01. The van der Waals surface area contributed by atoms with Gasteiger partial charge in [0.15, 0.2) is 5.78 Å². The molecule has 0 aromatic carbocycles. The zero-order chi connectivity index (χ0) is 20.1. The number of methoxy groups -OCH3 is 1. The Labute approximate surface area is 163 Å². The lowest BCUT2D eigenvalue weighted by molar-refractivity contribution is -0.140. The minimum Gasteiger partial charge on any atom is -0.469 e. The quantitative estimate of drug-likeness (QED) is 0.239. The topological polar surface area (TPSA) is 63.7 Å². The van der Waals surface area contributed by atoms with Crippen LogP contribution in [0, 0.1) is 17.8 Å². The molecule has 0 aliphatic carbocycles. The molecule has 1 amide bonds. The van der Waals surface area contributed by atoms with Crippen molar-refractivity contribution in [2.24, 2.45) is 5.92 Å². The molecule has 1 rings (SSSR count). The number of esters is 1. The summed E-state index contributed by atoms with van der Waals surface area (Å²) in [7, 11) is 1.40. The molecule has 0 bridgehead atoms. The van der Waals surface area contributed by atoms with E-state index in [9.17, 15) is 14.4 Å². The Morgan fingerprint density at radius 1 is 1.26 bits per heavy atom. The Morgan fingerprint density at radius 3 is 2.70 bits per heavy atom. The Kier molecular flexibility index (Phi) is 11.2. The number of ether oxygens (including phenoxy) is 1. The molecular weight excluding hydrogens is 342 g/mol. The van der Waals surface area contributed by atoms with Crippen LogP contribution in [0.5, 0.6) is 0 Å². The number of ketones is 1. The highest BCUT2D eigenvalue weighted by molar-refractivity contribution is 5.92. The van der Waals surface area contributed by atoms with Crippen LogP contribution in [0.4, 0.5) is 0 Å². The average molecular weight is 376 g/mol. The molecule has 5 heteroatoms. The molecule has 0 aromatic heterocycles. The molecule has 2 unspecified atom stereocenters. The SMILES string of the molecule is CCC#CCC(C)C(=O)C=CC1CCC(=O)N1CCCCCCC(=O)OC. The van der Waals surface area contributed by atoms with E-state index in [0.29, 0.717) is 25.8 Å². The third-order valence-corrected chi connectivity index (χ3v) is 4.81. The molecule has 150 valence electrons. The molecule has 1 fully saturated rings. The number of carbonyl (C=O) groups excluding carboxylic acids is 3. The van der Waals surface area contributed by atoms with Crippen LogP contribution in [0.2, 0.25) is 0 Å². The fourth-order valence-corrected chi connectivity index (χ4v) is 3.07. The van der Waals surface area contributed by atoms with Crippen molar-refractivity contribution < 1.29 is 19.1 Å². The van der Waals surface area contributed by atoms with Crippen molar-refractivity contribution >= 4 is 17.7 Å². The zero-order valence-corrected chi connectivity index (χ0v) is 17.0. The highest BCUT2D eigenvalue weighted by atomic mass is 16.5. The van der Waals surface area contributed by atoms with Gasteiger partial charge in [0.2, 0.25) is 5.91 Å². The number of amides is 1. The molecule has 2 atom stereocenters. The van der Waals surface area contributed by atoms with Gasteiger partial charge >= 0.3 is 5.97 Å². The molecule has 0 saturated carbocycles. The first-order chi connectivity index (χ1) is 13.0. The lowest BCUT2D eigenvalue weighted by atomic mass is 10.0. The minimum absolute atomic E-state index is 0.0189. The number of nitrogens with zero attached hydrogens (tertiary/aromatic N) is 1. The number of rotatable bonds is 11. The third kappa shape index (κ3) is 8.90. The molecule has 0 radical (unpaired) electrons. The van der Waals surface area contributed by atoms with Crippen LogP contribution in [0.15, 0.2) is 12.2 Å². The first-order valence-corrected chi connectivity index (χ1v) is 10.0. The van der Waals surface area contributed by atoms with Crippen molar-refractivity contribution in [1.82, 2.24) is 4.90 Å². The van der Waals surface area contributed by atoms with E-state index in [4.69, 9.17) is 0 Å². The van der Waals surface area contributed by atoms with Gasteiger partial charge in [-0.25, -0.2) is 0 Å². The van der Waals surface area contributed by atoms with Crippen molar-refractivity contribution in [1.29, 1.82) is 0 Å². The van der Waals surface area contributed by atoms with Crippen molar-refractivity contribution in [3.63, 3.8) is 0 Å². The van der Waals surface area contributed by atoms with Crippen molar-refractivity contribution in [3.05, 3.63) is 12.2 Å². The molecular formula is C22H33NO4. The average Bonchev–Trinajstić information content (AvgIpc) is 3.02. The smallest absolute Gasteiger partial charge is 0.305 e. The highest BCUT2D eigenvalue weighted by Crippen LogP contribution is 2.21. The van der Waals surface area contributed by atoms with Gasteiger partial charge in [-0.05, 0) is 25.3 Å². The van der Waals surface area contributed by atoms with E-state index in [-0.39, 0.29) is 29.6 Å². The highest BCUT2D eigenvalue weighted by Gasteiger charge is 2.28. The summed E-state index contributed by atoms with van der Waals surface area (Å²) in [6, 6.07) is 0.0189. The largest absolute Gasteiger partial charge is 0.469 e. The van der Waals surface area contributed by atoms with Gasteiger partial charge in [0.1, 0.15) is 0 Å². The van der Waals surface area contributed by atoms with Gasteiger partial charge in [-0.1, -0.05) is 32.8 Å². The van der Waals surface area contributed by atoms with Crippen LogP contribution in [0.3, 0.4) is 0 Å². The number of hydrogen-bond acceptors (Lipinski definition) is 4. The zero-order valence-electron chi connectivity index (χ0n) is 17.0. The van der Waals surface area contributed by atoms with Crippen LogP contribution < -0.4 is 0 Å². The molecule has 0 N–H and O–H groups in total. The van der Waals surface area contributed by atoms with Gasteiger partial charge in [-0.3, -0.25) is 14.4 Å². The number of likely N-dealkylation sites (tertiary alicyclic amines) is 1. The summed E-state index contributed by atoms with van der Waals surface area (Å²) >= 11 is 0. The normalized spacial score (nSPS) is 17.7. The van der Waals surface area contributed by atoms with Gasteiger partial charge in [-0.15, -0.1) is 11.8 Å². The predicted octanol–water partition coefficient (Wildman–Crippen LogP) is 3.67. The number of hydrogen-bond donors (Lipinski definition) is 0. The summed E-state index contributed by atoms with van der Waals surface area (Å²) in [5, 5.41) is 0. The lowest BCUT2D eigenvalue weighted by Gasteiger charge is -2.22. The van der Waals surface area contributed by atoms with Crippen molar-refractivity contribution in [2.45, 2.75) is 77.7 Å². The standard InChI is InChI=1S/C22H33NO4/c1-4-5-8-11-18(2)20(24)15-13-19-14-16-21(25)23(19)17-10-7-6-9-12-22(26)27-3/h13,15,18-19H,4,6-7,9-12,14,16-17H2,1-3H3. The van der Waals surface area contributed by atoms with Crippen LogP contribution in [0.1, 0.15) is 71.6 Å². The molecule has 1 aliphatic rings. The van der Waals surface area contributed by atoms with Gasteiger partial charge in [-0.2, -0.15) is 0 Å². The number of allylic oxidation sites excluding steroid dienone is 1. The van der Waals surface area contributed by atoms with E-state index < -0.39 is 0 Å². The summed E-state index contributed by atoms with van der Waals surface area (Å²) in [6.07, 6.45) is 10.3. The monoisotopic (exact) mass is 375 g/mol. The fourth-order valence-electron chi connectivity index (χ4n) is 3.07. The van der Waals surface area contributed by atoms with Gasteiger partial charge in [0, 0.05) is 38.1 Å². The fraction of sp³-hybridized carbons (Fsp3) is 0.682. The molecule has 0 aromatic rings. The summed E-state index contributed by atoms with van der Waals surface area (Å²) < 4.78 is 4.62. The number of unbranched alkanes of at least 4 members (excludes halogenated alkanes) is 3. The van der Waals surface area contributed by atoms with E-state index in [1.807, 2.05) is 24.8 Å². The van der Waals surface area contributed by atoms with Crippen LogP contribution >= 0.6 is 0 Å². The second kappa shape index (κ2) is 13.1. The Bertz CT molecular complexity index is 585. The Hall–Kier alpha value is -2.09. The van der Waals surface area contributed by atoms with E-state index in [1.54, 1.807) is 6.08 Å². The van der Waals surface area contributed by atoms with Crippen molar-refractivity contribution in [2.75, 3.05) is 13.7 Å². The first kappa shape index (κ1) is 23.0. The van der Waals surface area contributed by atoms with E-state index in [0.717, 1.165) is 38.5 Å². The minimum atomic E-state index is -0.172. The maximum Gasteiger partial charge on any atom is 0.305 e. The van der Waals surface area contributed by atoms with E-state index in [2.05, 4.69) is 16.6 Å². The summed E-state index contributed by atoms with van der Waals surface area (Å²) in [6.45, 7) is 4.59. The number of carbonyl (C=O) groups is 3. The lowest BCUT2D eigenvalue weighted by Crippen LogP contribution is -2.32. The Balaban J connectivity index is 2.38. The van der Waals surface area contributed by atoms with E-state index in [1.165, 1.54) is 7.11 Å². The molecule has 5 nitrogen and oxygen atoms in total. The molecule has 1 saturated heterocycles. The summed E-state index contributed by atoms with van der Waals surface area (Å²) in [4.78, 5) is 37.3.